The van der Waals surface area contributed by atoms with Gasteiger partial charge in [0, 0.05) is 6.54 Å². The molecule has 0 aliphatic carbocycles. The molecule has 5 N–H and O–H groups in total. The van der Waals surface area contributed by atoms with E-state index in [0.29, 0.717) is 23.5 Å². The maximum absolute atomic E-state index is 11.3. The average molecular weight is 420 g/mol. The zero-order chi connectivity index (χ0) is 20.8. The third-order valence-electron chi connectivity index (χ3n) is 4.82. The van der Waals surface area contributed by atoms with Crippen LogP contribution in [0, 0.1) is 0 Å². The summed E-state index contributed by atoms with van der Waals surface area (Å²) in [6.07, 6.45) is -0.605. The van der Waals surface area contributed by atoms with E-state index < -0.39 is 34.6 Å². The van der Waals surface area contributed by atoms with Gasteiger partial charge in [-0.15, -0.1) is 0 Å². The zero-order valence-corrected chi connectivity index (χ0v) is 16.2. The Kier molecular flexibility index (Phi) is 4.96. The van der Waals surface area contributed by atoms with Crippen LogP contribution in [-0.4, -0.2) is 56.5 Å². The molecule has 0 bridgehead atoms. The van der Waals surface area contributed by atoms with E-state index in [4.69, 9.17) is 9.88 Å². The maximum atomic E-state index is 11.3. The molecule has 3 heterocycles. The third-order valence-corrected chi connectivity index (χ3v) is 5.75. The first kappa shape index (κ1) is 19.7. The number of aliphatic hydroxyl groups is 2. The lowest BCUT2D eigenvalue weighted by molar-refractivity contribution is -0.0299. The lowest BCUT2D eigenvalue weighted by atomic mass is 10.1. The molecule has 3 aromatic rings. The highest BCUT2D eigenvalue weighted by atomic mass is 32.2. The summed E-state index contributed by atoms with van der Waals surface area (Å²) < 4.78 is 29.9. The van der Waals surface area contributed by atoms with Crippen LogP contribution in [0.2, 0.25) is 0 Å². The predicted molar refractivity (Wildman–Crippen MR) is 102 cm³/mol. The van der Waals surface area contributed by atoms with E-state index in [1.54, 1.807) is 23.6 Å². The van der Waals surface area contributed by atoms with Crippen molar-refractivity contribution in [2.24, 2.45) is 5.14 Å². The number of nitrogens with zero attached hydrogens (tertiary/aromatic N) is 4. The highest BCUT2D eigenvalue weighted by Crippen LogP contribution is 2.32. The Morgan fingerprint density at radius 2 is 1.90 bits per heavy atom. The number of rotatable bonds is 5. The molecule has 0 spiro atoms. The first-order valence-corrected chi connectivity index (χ1v) is 10.3. The largest absolute Gasteiger partial charge is 0.388 e. The second-order valence-electron chi connectivity index (χ2n) is 6.80. The number of sulfonamides is 1. The van der Waals surface area contributed by atoms with Crippen LogP contribution >= 0.6 is 0 Å². The van der Waals surface area contributed by atoms with Gasteiger partial charge in [0.1, 0.15) is 18.5 Å². The Balaban J connectivity index is 1.56. The monoisotopic (exact) mass is 420 g/mol. The van der Waals surface area contributed by atoms with E-state index in [9.17, 15) is 18.6 Å². The van der Waals surface area contributed by atoms with E-state index in [1.807, 2.05) is 0 Å². The summed E-state index contributed by atoms with van der Waals surface area (Å²) in [5, 5.41) is 28.4. The second-order valence-corrected chi connectivity index (χ2v) is 8.36. The molecule has 154 valence electrons. The number of aromatic nitrogens is 4. The minimum atomic E-state index is -3.74. The Hall–Kier alpha value is -2.64. The minimum absolute atomic E-state index is 0.0379. The maximum Gasteiger partial charge on any atom is 0.238 e. The Labute approximate surface area is 166 Å². The van der Waals surface area contributed by atoms with Gasteiger partial charge in [-0.05, 0) is 24.6 Å². The third kappa shape index (κ3) is 3.68. The molecule has 1 aromatic carbocycles. The number of nitrogens with one attached hydrogen (secondary N) is 1. The number of ether oxygens (including phenoxy) is 1. The number of anilines is 1. The van der Waals surface area contributed by atoms with Crippen LogP contribution in [0.15, 0.2) is 41.8 Å². The van der Waals surface area contributed by atoms with E-state index in [2.05, 4.69) is 20.3 Å². The molecule has 4 rings (SSSR count). The Morgan fingerprint density at radius 3 is 2.52 bits per heavy atom. The van der Waals surface area contributed by atoms with Crippen LogP contribution < -0.4 is 10.5 Å². The minimum Gasteiger partial charge on any atom is -0.388 e. The molecule has 1 aliphatic rings. The molecule has 29 heavy (non-hydrogen) atoms. The van der Waals surface area contributed by atoms with Gasteiger partial charge in [0.2, 0.25) is 10.0 Å². The van der Waals surface area contributed by atoms with Crippen molar-refractivity contribution in [1.82, 2.24) is 19.5 Å². The number of hydrogen-bond donors (Lipinski definition) is 4. The predicted octanol–water partition coefficient (Wildman–Crippen LogP) is -0.275. The molecule has 1 aliphatic heterocycles. The van der Waals surface area contributed by atoms with Gasteiger partial charge in [0.15, 0.2) is 23.2 Å². The molecule has 0 amide bonds. The molecule has 0 radical (unpaired) electrons. The molecule has 1 fully saturated rings. The first-order valence-electron chi connectivity index (χ1n) is 8.80. The topological polar surface area (TPSA) is 165 Å². The lowest BCUT2D eigenvalue weighted by Crippen LogP contribution is -2.30. The van der Waals surface area contributed by atoms with E-state index >= 15 is 0 Å². The summed E-state index contributed by atoms with van der Waals surface area (Å²) in [7, 11) is -3.74. The number of benzene rings is 1. The van der Waals surface area contributed by atoms with Crippen molar-refractivity contribution in [1.29, 1.82) is 0 Å². The molecular weight excluding hydrogens is 400 g/mol. The van der Waals surface area contributed by atoms with Crippen molar-refractivity contribution in [3.05, 3.63) is 42.5 Å². The molecule has 2 aromatic heterocycles. The van der Waals surface area contributed by atoms with Crippen molar-refractivity contribution < 1.29 is 23.4 Å². The summed E-state index contributed by atoms with van der Waals surface area (Å²) in [6, 6.07) is 6.16. The van der Waals surface area contributed by atoms with Gasteiger partial charge in [0.25, 0.3) is 0 Å². The van der Waals surface area contributed by atoms with Crippen molar-refractivity contribution in [2.45, 2.75) is 42.9 Å². The standard InChI is InChI=1S/C17H20N6O5S/c1-9-13(24)14(25)17(28-9)23-8-22-12-15(20-7-21-16(12)23)19-6-10-2-4-11(5-3-10)29(18,26)27/h2-5,7-9,13-14,17,24-25H,6H2,1H3,(H2,18,26,27)(H,19,20,21)/t9-,13-,14-,17-/m1/s1. The van der Waals surface area contributed by atoms with Crippen LogP contribution in [-0.2, 0) is 21.3 Å². The summed E-state index contributed by atoms with van der Waals surface area (Å²) >= 11 is 0. The summed E-state index contributed by atoms with van der Waals surface area (Å²) in [4.78, 5) is 12.8. The smallest absolute Gasteiger partial charge is 0.238 e. The van der Waals surface area contributed by atoms with Gasteiger partial charge in [-0.3, -0.25) is 4.57 Å². The van der Waals surface area contributed by atoms with Gasteiger partial charge in [-0.2, -0.15) is 0 Å². The fourth-order valence-corrected chi connectivity index (χ4v) is 3.72. The summed E-state index contributed by atoms with van der Waals surface area (Å²) in [5.41, 5.74) is 1.73. The van der Waals surface area contributed by atoms with Crippen LogP contribution in [0.1, 0.15) is 18.7 Å². The van der Waals surface area contributed by atoms with Crippen LogP contribution in [0.4, 0.5) is 5.82 Å². The molecule has 0 unspecified atom stereocenters. The summed E-state index contributed by atoms with van der Waals surface area (Å²) in [5.74, 6) is 0.463. The first-order chi connectivity index (χ1) is 13.8. The molecule has 4 atom stereocenters. The quantitative estimate of drug-likeness (QED) is 0.434. The number of nitrogens with two attached hydrogens (primary N) is 1. The van der Waals surface area contributed by atoms with E-state index in [1.165, 1.54) is 24.8 Å². The van der Waals surface area contributed by atoms with Gasteiger partial charge in [-0.25, -0.2) is 28.5 Å². The normalized spacial score (nSPS) is 24.8. The number of imidazole rings is 1. The van der Waals surface area contributed by atoms with Crippen LogP contribution in [0.25, 0.3) is 11.2 Å². The van der Waals surface area contributed by atoms with E-state index in [-0.39, 0.29) is 4.90 Å². The number of primary sulfonamides is 1. The molecule has 1 saturated heterocycles. The van der Waals surface area contributed by atoms with E-state index in [0.717, 1.165) is 5.56 Å². The van der Waals surface area contributed by atoms with Gasteiger partial charge in [0.05, 0.1) is 17.3 Å². The fraction of sp³-hybridized carbons (Fsp3) is 0.353. The number of fused-ring (bicyclic) bond motifs is 1. The highest BCUT2D eigenvalue weighted by Gasteiger charge is 2.42. The molecular formula is C17H20N6O5S. The van der Waals surface area contributed by atoms with Crippen molar-refractivity contribution in [3.63, 3.8) is 0 Å². The fourth-order valence-electron chi connectivity index (χ4n) is 3.21. The zero-order valence-electron chi connectivity index (χ0n) is 15.4. The molecule has 11 nitrogen and oxygen atoms in total. The van der Waals surface area contributed by atoms with Gasteiger partial charge >= 0.3 is 0 Å². The number of hydrogen-bond acceptors (Lipinski definition) is 9. The van der Waals surface area contributed by atoms with Crippen LogP contribution in [0.3, 0.4) is 0 Å². The molecule has 12 heteroatoms. The molecule has 0 saturated carbocycles. The van der Waals surface area contributed by atoms with Crippen molar-refractivity contribution in [3.8, 4) is 0 Å². The number of aliphatic hydroxyl groups excluding tert-OH is 2. The van der Waals surface area contributed by atoms with Gasteiger partial charge in [-0.1, -0.05) is 12.1 Å². The average Bonchev–Trinajstić information content (AvgIpc) is 3.23. The Bertz CT molecular complexity index is 1130. The highest BCUT2D eigenvalue weighted by molar-refractivity contribution is 7.89. The Morgan fingerprint density at radius 1 is 1.17 bits per heavy atom. The lowest BCUT2D eigenvalue weighted by Gasteiger charge is -2.16. The summed E-state index contributed by atoms with van der Waals surface area (Å²) in [6.45, 7) is 2.04. The second kappa shape index (κ2) is 7.31. The van der Waals surface area contributed by atoms with Crippen molar-refractivity contribution >= 4 is 27.0 Å². The van der Waals surface area contributed by atoms with Crippen LogP contribution in [0.5, 0.6) is 0 Å². The SMILES string of the molecule is C[C@H]1O[C@@H](n2cnc3c(NCc4ccc(S(N)(=O)=O)cc4)ncnc32)[C@H](O)[C@@H]1O. The van der Waals surface area contributed by atoms with Gasteiger partial charge < -0.3 is 20.3 Å². The van der Waals surface area contributed by atoms with Crippen molar-refractivity contribution in [2.75, 3.05) is 5.32 Å².